The van der Waals surface area contributed by atoms with Crippen LogP contribution in [0.2, 0.25) is 0 Å². The molecule has 13 heteroatoms. The van der Waals surface area contributed by atoms with Gasteiger partial charge in [-0.3, -0.25) is 9.48 Å². The van der Waals surface area contributed by atoms with E-state index in [4.69, 9.17) is 18.9 Å². The number of sulfonamides is 1. The van der Waals surface area contributed by atoms with Gasteiger partial charge in [0, 0.05) is 43.7 Å². The third-order valence-electron chi connectivity index (χ3n) is 7.25. The summed E-state index contributed by atoms with van der Waals surface area (Å²) in [6, 6.07) is 15.1. The third-order valence-corrected chi connectivity index (χ3v) is 9.16. The van der Waals surface area contributed by atoms with Gasteiger partial charge >= 0.3 is 5.97 Å². The van der Waals surface area contributed by atoms with Gasteiger partial charge in [0.05, 0.1) is 30.9 Å². The van der Waals surface area contributed by atoms with E-state index in [0.29, 0.717) is 22.7 Å². The second kappa shape index (κ2) is 14.5. The number of nitrogens with zero attached hydrogens (tertiary/aromatic N) is 3. The lowest BCUT2D eigenvalue weighted by Crippen LogP contribution is -2.38. The van der Waals surface area contributed by atoms with Gasteiger partial charge in [-0.25, -0.2) is 17.9 Å². The zero-order chi connectivity index (χ0) is 31.9. The maximum Gasteiger partial charge on any atom is 0.373 e. The molecule has 12 nitrogen and oxygen atoms in total. The number of hydrogen-bond acceptors (Lipinski definition) is 9. The van der Waals surface area contributed by atoms with E-state index >= 15 is 0 Å². The molecule has 0 fully saturated rings. The molecule has 1 aliphatic rings. The van der Waals surface area contributed by atoms with Gasteiger partial charge in [-0.2, -0.15) is 4.31 Å². The topological polar surface area (TPSA) is 139 Å². The van der Waals surface area contributed by atoms with Crippen molar-refractivity contribution in [1.29, 1.82) is 0 Å². The quantitative estimate of drug-likeness (QED) is 0.211. The van der Waals surface area contributed by atoms with Crippen molar-refractivity contribution in [2.24, 2.45) is 7.05 Å². The summed E-state index contributed by atoms with van der Waals surface area (Å²) in [6.45, 7) is 4.55. The minimum absolute atomic E-state index is 0.0326. The number of carbonyl (C=O) groups excluding carboxylic acids is 1. The Balaban J connectivity index is 1.57. The maximum absolute atomic E-state index is 13.7. The number of hydrogen-bond donors (Lipinski definition) is 1. The van der Waals surface area contributed by atoms with Crippen molar-refractivity contribution in [2.75, 3.05) is 40.0 Å². The molecule has 0 aliphatic carbocycles. The second-order valence-corrected chi connectivity index (χ2v) is 11.9. The van der Waals surface area contributed by atoms with Crippen LogP contribution in [0.25, 0.3) is 5.69 Å². The van der Waals surface area contributed by atoms with Crippen LogP contribution in [-0.4, -0.2) is 79.5 Å². The minimum Gasteiger partial charge on any atom is -0.497 e. The molecule has 0 amide bonds. The Hall–Kier alpha value is -4.17. The fourth-order valence-corrected chi connectivity index (χ4v) is 6.39. The Morgan fingerprint density at radius 1 is 1.16 bits per heavy atom. The normalized spacial score (nSPS) is 16.7. The first-order valence-electron chi connectivity index (χ1n) is 14.0. The van der Waals surface area contributed by atoms with Gasteiger partial charge in [0.2, 0.25) is 22.1 Å². The lowest BCUT2D eigenvalue weighted by atomic mass is 9.93. The second-order valence-electron chi connectivity index (χ2n) is 9.96. The summed E-state index contributed by atoms with van der Waals surface area (Å²) in [5.74, 6) is -0.936. The highest BCUT2D eigenvalue weighted by Crippen LogP contribution is 2.32. The Morgan fingerprint density at radius 2 is 1.86 bits per heavy atom. The number of rotatable bonds is 14. The van der Waals surface area contributed by atoms with E-state index in [1.807, 2.05) is 37.3 Å². The van der Waals surface area contributed by atoms with Crippen LogP contribution in [0.3, 0.4) is 0 Å². The smallest absolute Gasteiger partial charge is 0.373 e. The highest BCUT2D eigenvalue weighted by Gasteiger charge is 2.34. The van der Waals surface area contributed by atoms with Crippen LogP contribution in [0.1, 0.15) is 23.6 Å². The molecule has 4 rings (SSSR count). The first kappa shape index (κ1) is 32.7. The number of methoxy groups -OCH3 is 1. The molecule has 1 aromatic heterocycles. The molecule has 1 N–H and O–H groups in total. The first-order chi connectivity index (χ1) is 21.1. The van der Waals surface area contributed by atoms with Crippen LogP contribution in [0.5, 0.6) is 5.75 Å². The Labute approximate surface area is 256 Å². The third kappa shape index (κ3) is 7.13. The van der Waals surface area contributed by atoms with Gasteiger partial charge in [0.15, 0.2) is 0 Å². The van der Waals surface area contributed by atoms with Crippen molar-refractivity contribution in [3.8, 4) is 11.4 Å². The molecular weight excluding hydrogens is 590 g/mol. The number of aliphatic hydroxyl groups excluding tert-OH is 1. The fourth-order valence-electron chi connectivity index (χ4n) is 4.97. The number of para-hydroxylation sites is 1. The standard InChI is InChI=1S/C31H37N3O9S/c1-5-18-42-31(37)27-20-23(29-22(2)32(3)34(30(29)36)24-9-7-6-8-10-24)21-28(43-27)41-19-16-33(15-17-35)44(38,39)26-13-11-25(40-4)12-14-26/h5-14,20,23,28,35H,1,15-19,21H2,2-4H3/t23-,28?/m0/s1. The van der Waals surface area contributed by atoms with E-state index in [2.05, 4.69) is 6.58 Å². The summed E-state index contributed by atoms with van der Waals surface area (Å²) in [7, 11) is -0.703. The van der Waals surface area contributed by atoms with E-state index in [9.17, 15) is 23.1 Å². The highest BCUT2D eigenvalue weighted by atomic mass is 32.2. The Morgan fingerprint density at radius 3 is 2.50 bits per heavy atom. The molecule has 0 bridgehead atoms. The van der Waals surface area contributed by atoms with Crippen LogP contribution < -0.4 is 10.3 Å². The van der Waals surface area contributed by atoms with Crippen molar-refractivity contribution in [3.63, 3.8) is 0 Å². The maximum atomic E-state index is 13.7. The first-order valence-corrected chi connectivity index (χ1v) is 15.4. The fraction of sp³-hybridized carbons (Fsp3) is 0.355. The van der Waals surface area contributed by atoms with Crippen molar-refractivity contribution < 1.29 is 37.3 Å². The molecule has 0 saturated heterocycles. The largest absolute Gasteiger partial charge is 0.497 e. The van der Waals surface area contributed by atoms with E-state index in [-0.39, 0.29) is 48.9 Å². The molecule has 2 aromatic carbocycles. The average molecular weight is 628 g/mol. The molecule has 3 aromatic rings. The van der Waals surface area contributed by atoms with Crippen molar-refractivity contribution in [3.05, 3.63) is 101 Å². The van der Waals surface area contributed by atoms with Gasteiger partial charge in [0.25, 0.3) is 5.56 Å². The van der Waals surface area contributed by atoms with Gasteiger partial charge < -0.3 is 24.1 Å². The monoisotopic (exact) mass is 627 g/mol. The average Bonchev–Trinajstić information content (AvgIpc) is 3.26. The number of aliphatic hydroxyl groups is 1. The molecule has 44 heavy (non-hydrogen) atoms. The number of allylic oxidation sites excluding steroid dienone is 1. The predicted octanol–water partition coefficient (Wildman–Crippen LogP) is 2.64. The van der Waals surface area contributed by atoms with Crippen molar-refractivity contribution in [1.82, 2.24) is 13.7 Å². The summed E-state index contributed by atoms with van der Waals surface area (Å²) in [5, 5.41) is 9.57. The lowest BCUT2D eigenvalue weighted by molar-refractivity contribution is -0.160. The van der Waals surface area contributed by atoms with Gasteiger partial charge in [-0.05, 0) is 49.4 Å². The molecule has 0 saturated carbocycles. The van der Waals surface area contributed by atoms with Crippen molar-refractivity contribution in [2.45, 2.75) is 30.4 Å². The van der Waals surface area contributed by atoms with Crippen LogP contribution in [0.15, 0.2) is 88.8 Å². The van der Waals surface area contributed by atoms with Crippen LogP contribution in [0, 0.1) is 6.92 Å². The predicted molar refractivity (Wildman–Crippen MR) is 162 cm³/mol. The molecule has 0 spiro atoms. The van der Waals surface area contributed by atoms with Gasteiger partial charge in [-0.15, -0.1) is 0 Å². The zero-order valence-electron chi connectivity index (χ0n) is 24.9. The van der Waals surface area contributed by atoms with Crippen LogP contribution in [-0.2, 0) is 36.1 Å². The van der Waals surface area contributed by atoms with E-state index < -0.39 is 34.8 Å². The SMILES string of the molecule is C=CCOC(=O)C1=C[C@H](c2c(C)n(C)n(-c3ccccc3)c2=O)CC(OCCN(CCO)S(=O)(=O)c2ccc(OC)cc2)O1. The summed E-state index contributed by atoms with van der Waals surface area (Å²) < 4.78 is 53.0. The molecule has 1 unspecified atom stereocenters. The Bertz CT molecular complexity index is 1640. The Kier molecular flexibility index (Phi) is 10.8. The summed E-state index contributed by atoms with van der Waals surface area (Å²) in [5.41, 5.74) is 1.59. The van der Waals surface area contributed by atoms with Gasteiger partial charge in [-0.1, -0.05) is 30.9 Å². The number of esters is 1. The molecule has 1 aliphatic heterocycles. The highest BCUT2D eigenvalue weighted by molar-refractivity contribution is 7.89. The minimum atomic E-state index is -3.96. The number of ether oxygens (including phenoxy) is 4. The molecular formula is C31H37N3O9S. The molecule has 2 heterocycles. The van der Waals surface area contributed by atoms with Crippen LogP contribution in [0.4, 0.5) is 0 Å². The van der Waals surface area contributed by atoms with E-state index in [1.54, 1.807) is 22.5 Å². The summed E-state index contributed by atoms with van der Waals surface area (Å²) >= 11 is 0. The van der Waals surface area contributed by atoms with E-state index in [0.717, 1.165) is 4.31 Å². The number of carbonyl (C=O) groups is 1. The molecule has 2 atom stereocenters. The lowest BCUT2D eigenvalue weighted by Gasteiger charge is -2.29. The van der Waals surface area contributed by atoms with Gasteiger partial charge in [0.1, 0.15) is 12.4 Å². The zero-order valence-corrected chi connectivity index (χ0v) is 25.7. The van der Waals surface area contributed by atoms with Crippen LogP contribution >= 0.6 is 0 Å². The van der Waals surface area contributed by atoms with E-state index in [1.165, 1.54) is 37.5 Å². The number of aromatic nitrogens is 2. The summed E-state index contributed by atoms with van der Waals surface area (Å²) in [6.07, 6.45) is 2.15. The summed E-state index contributed by atoms with van der Waals surface area (Å²) in [4.78, 5) is 26.6. The number of benzene rings is 2. The molecule has 0 radical (unpaired) electrons. The molecule has 236 valence electrons. The van der Waals surface area contributed by atoms with Crippen molar-refractivity contribution >= 4 is 16.0 Å².